The summed E-state index contributed by atoms with van der Waals surface area (Å²) in [6.07, 6.45) is 2.37. The molecule has 11 heteroatoms. The van der Waals surface area contributed by atoms with Gasteiger partial charge in [0.15, 0.2) is 0 Å². The van der Waals surface area contributed by atoms with Crippen LogP contribution in [0.3, 0.4) is 0 Å². The average Bonchev–Trinajstić information content (AvgIpc) is 3.29. The molecule has 168 valence electrons. The zero-order chi connectivity index (χ0) is 22.4. The van der Waals surface area contributed by atoms with Gasteiger partial charge >= 0.3 is 5.97 Å². The maximum atomic E-state index is 12.8. The number of hydrogen-bond acceptors (Lipinski definition) is 8. The minimum Gasteiger partial charge on any atom is -0.481 e. The van der Waals surface area contributed by atoms with Gasteiger partial charge in [-0.05, 0) is 43.5 Å². The molecule has 0 bridgehead atoms. The van der Waals surface area contributed by atoms with Gasteiger partial charge in [-0.3, -0.25) is 4.79 Å². The van der Waals surface area contributed by atoms with Gasteiger partial charge in [-0.25, -0.2) is 18.2 Å². The van der Waals surface area contributed by atoms with Crippen LogP contribution >= 0.6 is 0 Å². The second-order valence-corrected chi connectivity index (χ2v) is 8.81. The molecular weight excluding hydrogens is 426 g/mol. The van der Waals surface area contributed by atoms with Crippen molar-refractivity contribution >= 4 is 21.9 Å². The van der Waals surface area contributed by atoms with Crippen molar-refractivity contribution in [1.29, 1.82) is 0 Å². The molecular formula is C20H25N3O7S. The van der Waals surface area contributed by atoms with E-state index in [-0.39, 0.29) is 42.4 Å². The molecule has 1 aliphatic rings. The molecule has 1 fully saturated rings. The quantitative estimate of drug-likeness (QED) is 0.599. The Labute approximate surface area is 180 Å². The van der Waals surface area contributed by atoms with Gasteiger partial charge in [0.05, 0.1) is 13.7 Å². The molecule has 1 saturated heterocycles. The number of rotatable bonds is 8. The molecule has 0 atom stereocenters. The number of amides is 1. The van der Waals surface area contributed by atoms with E-state index in [9.17, 15) is 18.0 Å². The number of nitrogens with one attached hydrogen (secondary N) is 1. The number of carbonyl (C=O) groups is 2. The number of piperidine rings is 1. The second kappa shape index (κ2) is 9.92. The fourth-order valence-corrected chi connectivity index (χ4v) is 4.64. The van der Waals surface area contributed by atoms with Crippen LogP contribution in [0.2, 0.25) is 0 Å². The second-order valence-electron chi connectivity index (χ2n) is 6.94. The lowest BCUT2D eigenvalue weighted by Crippen LogP contribution is -2.42. The topological polar surface area (TPSA) is 128 Å². The standard InChI is InChI=1S/C20H25N3O7S/c1-3-29-20(25)16-4-5-18(30-16)31(26,27)23-10-7-15(8-11-23)19(24)22-13-14-6-9-21-17(12-14)28-2/h4-6,9,12,15H,3,7-8,10-11,13H2,1-2H3,(H,22,24). The van der Waals surface area contributed by atoms with E-state index in [2.05, 4.69) is 10.3 Å². The first kappa shape index (κ1) is 22.8. The van der Waals surface area contributed by atoms with Crippen LogP contribution in [-0.4, -0.2) is 56.4 Å². The van der Waals surface area contributed by atoms with Crippen molar-refractivity contribution in [2.24, 2.45) is 5.92 Å². The van der Waals surface area contributed by atoms with Crippen molar-refractivity contribution in [2.45, 2.75) is 31.4 Å². The Bertz CT molecular complexity index is 1030. The number of pyridine rings is 1. The van der Waals surface area contributed by atoms with Crippen LogP contribution in [0.1, 0.15) is 35.9 Å². The van der Waals surface area contributed by atoms with Crippen molar-refractivity contribution in [3.63, 3.8) is 0 Å². The SMILES string of the molecule is CCOC(=O)c1ccc(S(=O)(=O)N2CCC(C(=O)NCc3ccnc(OC)c3)CC2)o1. The third kappa shape index (κ3) is 5.42. The predicted octanol–water partition coefficient (Wildman–Crippen LogP) is 1.58. The lowest BCUT2D eigenvalue weighted by molar-refractivity contribution is -0.126. The zero-order valence-electron chi connectivity index (χ0n) is 17.4. The van der Waals surface area contributed by atoms with Crippen molar-refractivity contribution in [2.75, 3.05) is 26.8 Å². The number of aromatic nitrogens is 1. The van der Waals surface area contributed by atoms with E-state index in [1.807, 2.05) is 0 Å². The largest absolute Gasteiger partial charge is 0.481 e. The van der Waals surface area contributed by atoms with Crippen LogP contribution in [0.25, 0.3) is 0 Å². The molecule has 2 aromatic heterocycles. The van der Waals surface area contributed by atoms with Crippen molar-refractivity contribution in [3.05, 3.63) is 41.8 Å². The Hall–Kier alpha value is -2.92. The summed E-state index contributed by atoms with van der Waals surface area (Å²) in [6.45, 7) is 2.50. The van der Waals surface area contributed by atoms with Gasteiger partial charge in [0.2, 0.25) is 22.6 Å². The smallest absolute Gasteiger partial charge is 0.374 e. The molecule has 31 heavy (non-hydrogen) atoms. The summed E-state index contributed by atoms with van der Waals surface area (Å²) in [5.74, 6) is -0.833. The van der Waals surface area contributed by atoms with Crippen LogP contribution in [0.5, 0.6) is 5.88 Å². The Morgan fingerprint density at radius 1 is 1.26 bits per heavy atom. The van der Waals surface area contributed by atoms with Gasteiger partial charge in [-0.2, -0.15) is 4.31 Å². The lowest BCUT2D eigenvalue weighted by Gasteiger charge is -2.29. The Balaban J connectivity index is 1.54. The van der Waals surface area contributed by atoms with E-state index < -0.39 is 16.0 Å². The average molecular weight is 452 g/mol. The monoisotopic (exact) mass is 451 g/mol. The first-order valence-electron chi connectivity index (χ1n) is 9.89. The van der Waals surface area contributed by atoms with Crippen LogP contribution in [-0.2, 0) is 26.1 Å². The van der Waals surface area contributed by atoms with Gasteiger partial charge in [0, 0.05) is 37.8 Å². The van der Waals surface area contributed by atoms with Gasteiger partial charge in [-0.1, -0.05) is 0 Å². The highest BCUT2D eigenvalue weighted by Crippen LogP contribution is 2.25. The molecule has 0 radical (unpaired) electrons. The fraction of sp³-hybridized carbons (Fsp3) is 0.450. The first-order valence-corrected chi connectivity index (χ1v) is 11.3. The Kier molecular flexibility index (Phi) is 7.29. The highest BCUT2D eigenvalue weighted by atomic mass is 32.2. The van der Waals surface area contributed by atoms with Crippen molar-refractivity contribution in [3.8, 4) is 5.88 Å². The number of esters is 1. The number of ether oxygens (including phenoxy) is 2. The summed E-state index contributed by atoms with van der Waals surface area (Å²) in [5.41, 5.74) is 0.857. The fourth-order valence-electron chi connectivity index (χ4n) is 3.26. The van der Waals surface area contributed by atoms with E-state index in [0.717, 1.165) is 5.56 Å². The molecule has 2 aromatic rings. The number of carbonyl (C=O) groups excluding carboxylic acids is 2. The predicted molar refractivity (Wildman–Crippen MR) is 109 cm³/mol. The van der Waals surface area contributed by atoms with Crippen LogP contribution < -0.4 is 10.1 Å². The van der Waals surface area contributed by atoms with Crippen LogP contribution in [0.15, 0.2) is 40.0 Å². The van der Waals surface area contributed by atoms with Gasteiger partial charge in [-0.15, -0.1) is 0 Å². The zero-order valence-corrected chi connectivity index (χ0v) is 18.2. The normalized spacial score (nSPS) is 15.4. The molecule has 0 spiro atoms. The Morgan fingerprint density at radius 2 is 2.00 bits per heavy atom. The Morgan fingerprint density at radius 3 is 2.68 bits per heavy atom. The summed E-state index contributed by atoms with van der Waals surface area (Å²) >= 11 is 0. The van der Waals surface area contributed by atoms with E-state index in [0.29, 0.717) is 25.3 Å². The van der Waals surface area contributed by atoms with E-state index in [1.165, 1.54) is 23.5 Å². The summed E-state index contributed by atoms with van der Waals surface area (Å²) in [6, 6.07) is 6.04. The molecule has 1 N–H and O–H groups in total. The minimum absolute atomic E-state index is 0.129. The molecule has 0 aromatic carbocycles. The summed E-state index contributed by atoms with van der Waals surface area (Å²) in [7, 11) is -2.37. The summed E-state index contributed by atoms with van der Waals surface area (Å²) in [5, 5.41) is 2.56. The molecule has 0 saturated carbocycles. The number of sulfonamides is 1. The number of furan rings is 1. The number of nitrogens with zero attached hydrogens (tertiary/aromatic N) is 2. The van der Waals surface area contributed by atoms with Crippen LogP contribution in [0.4, 0.5) is 0 Å². The number of hydrogen-bond donors (Lipinski definition) is 1. The van der Waals surface area contributed by atoms with E-state index >= 15 is 0 Å². The molecule has 10 nitrogen and oxygen atoms in total. The summed E-state index contributed by atoms with van der Waals surface area (Å²) in [4.78, 5) is 28.2. The molecule has 0 unspecified atom stereocenters. The van der Waals surface area contributed by atoms with Crippen LogP contribution in [0, 0.1) is 5.92 Å². The van der Waals surface area contributed by atoms with Gasteiger partial charge < -0.3 is 19.2 Å². The number of methoxy groups -OCH3 is 1. The highest BCUT2D eigenvalue weighted by molar-refractivity contribution is 7.89. The maximum absolute atomic E-state index is 12.8. The van der Waals surface area contributed by atoms with E-state index in [1.54, 1.807) is 25.3 Å². The lowest BCUT2D eigenvalue weighted by atomic mass is 9.97. The van der Waals surface area contributed by atoms with E-state index in [4.69, 9.17) is 13.9 Å². The minimum atomic E-state index is -3.90. The third-order valence-corrected chi connectivity index (χ3v) is 6.72. The molecule has 1 amide bonds. The molecule has 3 rings (SSSR count). The molecule has 3 heterocycles. The van der Waals surface area contributed by atoms with Gasteiger partial charge in [0.1, 0.15) is 0 Å². The molecule has 0 aliphatic carbocycles. The maximum Gasteiger partial charge on any atom is 0.374 e. The summed E-state index contributed by atoms with van der Waals surface area (Å²) < 4.78 is 41.9. The van der Waals surface area contributed by atoms with Crippen molar-refractivity contribution in [1.82, 2.24) is 14.6 Å². The van der Waals surface area contributed by atoms with Crippen molar-refractivity contribution < 1.29 is 31.9 Å². The third-order valence-electron chi connectivity index (χ3n) is 4.95. The first-order chi connectivity index (χ1) is 14.8. The van der Waals surface area contributed by atoms with Gasteiger partial charge in [0.25, 0.3) is 10.0 Å². The highest BCUT2D eigenvalue weighted by Gasteiger charge is 2.34. The molecule has 1 aliphatic heterocycles.